The summed E-state index contributed by atoms with van der Waals surface area (Å²) in [4.78, 5) is 15.3. The van der Waals surface area contributed by atoms with Gasteiger partial charge in [0.1, 0.15) is 4.32 Å². The maximum absolute atomic E-state index is 12.8. The first-order chi connectivity index (χ1) is 13.5. The molecule has 0 N–H and O–H groups in total. The smallest absolute Gasteiger partial charge is 0.266 e. The Hall–Kier alpha value is -2.37. The Morgan fingerprint density at radius 3 is 2.54 bits per heavy atom. The van der Waals surface area contributed by atoms with Crippen LogP contribution in [-0.4, -0.2) is 26.2 Å². The molecule has 0 atom stereocenters. The van der Waals surface area contributed by atoms with Crippen LogP contribution in [-0.2, 0) is 11.3 Å². The Labute approximate surface area is 175 Å². The molecule has 4 rings (SSSR count). The van der Waals surface area contributed by atoms with E-state index in [0.29, 0.717) is 21.7 Å². The third-order valence-corrected chi connectivity index (χ3v) is 6.10. The van der Waals surface area contributed by atoms with E-state index < -0.39 is 0 Å². The first kappa shape index (κ1) is 19.0. The predicted molar refractivity (Wildman–Crippen MR) is 122 cm³/mol. The fraction of sp³-hybridized carbons (Fsp3) is 0.217. The zero-order valence-corrected chi connectivity index (χ0v) is 17.6. The monoisotopic (exact) mass is 406 g/mol. The van der Waals surface area contributed by atoms with E-state index in [9.17, 15) is 4.79 Å². The molecule has 0 aliphatic carbocycles. The van der Waals surface area contributed by atoms with Gasteiger partial charge in [0, 0.05) is 35.8 Å². The Bertz CT molecular complexity index is 1070. The van der Waals surface area contributed by atoms with Crippen LogP contribution in [0.15, 0.2) is 65.7 Å². The van der Waals surface area contributed by atoms with E-state index in [1.54, 1.807) is 4.90 Å². The molecule has 0 spiro atoms. The third kappa shape index (κ3) is 3.77. The fourth-order valence-corrected chi connectivity index (χ4v) is 4.73. The van der Waals surface area contributed by atoms with Crippen molar-refractivity contribution in [1.29, 1.82) is 0 Å². The predicted octanol–water partition coefficient (Wildman–Crippen LogP) is 5.55. The summed E-state index contributed by atoms with van der Waals surface area (Å²) in [5.41, 5.74) is 3.46. The van der Waals surface area contributed by atoms with Gasteiger partial charge in [-0.05, 0) is 23.6 Å². The Morgan fingerprint density at radius 1 is 1.07 bits per heavy atom. The van der Waals surface area contributed by atoms with Gasteiger partial charge in [0.25, 0.3) is 5.91 Å². The van der Waals surface area contributed by atoms with E-state index in [0.717, 1.165) is 23.0 Å². The minimum atomic E-state index is 0.0172. The second-order valence-electron chi connectivity index (χ2n) is 7.40. The maximum atomic E-state index is 12.8. The third-order valence-electron chi connectivity index (χ3n) is 4.72. The number of benzene rings is 2. The van der Waals surface area contributed by atoms with E-state index in [-0.39, 0.29) is 5.91 Å². The zero-order valence-electron chi connectivity index (χ0n) is 16.0. The Balaban J connectivity index is 1.71. The number of thiocarbonyl (C=S) groups is 1. The van der Waals surface area contributed by atoms with E-state index in [1.807, 2.05) is 18.2 Å². The molecule has 0 radical (unpaired) electrons. The van der Waals surface area contributed by atoms with Gasteiger partial charge in [-0.15, -0.1) is 0 Å². The second kappa shape index (κ2) is 7.94. The van der Waals surface area contributed by atoms with Crippen LogP contribution < -0.4 is 0 Å². The molecule has 0 bridgehead atoms. The van der Waals surface area contributed by atoms with Crippen molar-refractivity contribution >= 4 is 51.2 Å². The zero-order chi connectivity index (χ0) is 19.7. The molecule has 1 fully saturated rings. The standard InChI is InChI=1S/C23H22N2OS2/c1-16(2)13-25-22(26)21(28-23(25)27)12-18-15-24(14-17-8-4-3-5-9-17)20-11-7-6-10-19(18)20/h3-12,15-16H,13-14H2,1-2H3/b21-12-. The largest absolute Gasteiger partial charge is 0.342 e. The van der Waals surface area contributed by atoms with Gasteiger partial charge in [-0.3, -0.25) is 9.69 Å². The number of carbonyl (C=O) groups excluding carboxylic acids is 1. The summed E-state index contributed by atoms with van der Waals surface area (Å²) in [6.45, 7) is 5.65. The molecule has 3 nitrogen and oxygen atoms in total. The van der Waals surface area contributed by atoms with Crippen LogP contribution >= 0.6 is 24.0 Å². The first-order valence-corrected chi connectivity index (χ1v) is 10.6. The molecular formula is C23H22N2OS2. The summed E-state index contributed by atoms with van der Waals surface area (Å²) in [7, 11) is 0. The van der Waals surface area contributed by atoms with Crippen molar-refractivity contribution < 1.29 is 4.79 Å². The van der Waals surface area contributed by atoms with Crippen LogP contribution in [0.25, 0.3) is 17.0 Å². The van der Waals surface area contributed by atoms with Crippen molar-refractivity contribution in [3.05, 3.63) is 76.8 Å². The number of amides is 1. The van der Waals surface area contributed by atoms with Crippen molar-refractivity contribution in [3.63, 3.8) is 0 Å². The molecule has 1 aromatic heterocycles. The lowest BCUT2D eigenvalue weighted by Gasteiger charge is -2.16. The maximum Gasteiger partial charge on any atom is 0.266 e. The lowest BCUT2D eigenvalue weighted by molar-refractivity contribution is -0.122. The molecule has 28 heavy (non-hydrogen) atoms. The highest BCUT2D eigenvalue weighted by atomic mass is 32.2. The van der Waals surface area contributed by atoms with Gasteiger partial charge in [-0.25, -0.2) is 0 Å². The molecule has 142 valence electrons. The number of aromatic nitrogens is 1. The highest BCUT2D eigenvalue weighted by molar-refractivity contribution is 8.26. The summed E-state index contributed by atoms with van der Waals surface area (Å²) in [6.07, 6.45) is 4.12. The average Bonchev–Trinajstić information content (AvgIpc) is 3.15. The summed E-state index contributed by atoms with van der Waals surface area (Å²) in [5.74, 6) is 0.401. The quantitative estimate of drug-likeness (QED) is 0.410. The normalized spacial score (nSPS) is 16.1. The average molecular weight is 407 g/mol. The Morgan fingerprint density at radius 2 is 1.79 bits per heavy atom. The van der Waals surface area contributed by atoms with Crippen LogP contribution in [0.4, 0.5) is 0 Å². The molecule has 1 amide bonds. The van der Waals surface area contributed by atoms with Gasteiger partial charge in [0.15, 0.2) is 0 Å². The number of rotatable bonds is 5. The molecule has 1 saturated heterocycles. The fourth-order valence-electron chi connectivity index (χ4n) is 3.46. The van der Waals surface area contributed by atoms with Crippen LogP contribution in [0.5, 0.6) is 0 Å². The summed E-state index contributed by atoms with van der Waals surface area (Å²) in [6, 6.07) is 18.7. The van der Waals surface area contributed by atoms with Crippen LogP contribution in [0.3, 0.4) is 0 Å². The van der Waals surface area contributed by atoms with E-state index >= 15 is 0 Å². The molecule has 0 saturated carbocycles. The molecular weight excluding hydrogens is 384 g/mol. The highest BCUT2D eigenvalue weighted by Gasteiger charge is 2.32. The van der Waals surface area contributed by atoms with E-state index in [2.05, 4.69) is 67.1 Å². The molecule has 1 aliphatic rings. The minimum Gasteiger partial charge on any atom is -0.342 e. The van der Waals surface area contributed by atoms with Crippen LogP contribution in [0, 0.1) is 5.92 Å². The lowest BCUT2D eigenvalue weighted by atomic mass is 10.1. The summed E-state index contributed by atoms with van der Waals surface area (Å²) in [5, 5.41) is 1.15. The number of fused-ring (bicyclic) bond motifs is 1. The van der Waals surface area contributed by atoms with Crippen LogP contribution in [0.2, 0.25) is 0 Å². The van der Waals surface area contributed by atoms with Gasteiger partial charge >= 0.3 is 0 Å². The van der Waals surface area contributed by atoms with E-state index in [1.165, 1.54) is 17.3 Å². The second-order valence-corrected chi connectivity index (χ2v) is 9.08. The lowest BCUT2D eigenvalue weighted by Crippen LogP contribution is -2.31. The number of nitrogens with zero attached hydrogens (tertiary/aromatic N) is 2. The van der Waals surface area contributed by atoms with Gasteiger partial charge in [-0.2, -0.15) is 0 Å². The van der Waals surface area contributed by atoms with Crippen LogP contribution in [0.1, 0.15) is 25.0 Å². The summed E-state index contributed by atoms with van der Waals surface area (Å²) >= 11 is 6.84. The van der Waals surface area contributed by atoms with Crippen molar-refractivity contribution in [2.75, 3.05) is 6.54 Å². The van der Waals surface area contributed by atoms with Gasteiger partial charge < -0.3 is 4.57 Å². The molecule has 2 aromatic carbocycles. The Kier molecular flexibility index (Phi) is 5.38. The van der Waals surface area contributed by atoms with E-state index in [4.69, 9.17) is 12.2 Å². The van der Waals surface area contributed by atoms with Crippen molar-refractivity contribution in [2.45, 2.75) is 20.4 Å². The SMILES string of the molecule is CC(C)CN1C(=O)/C(=C/c2cn(Cc3ccccc3)c3ccccc23)SC1=S. The molecule has 3 aromatic rings. The number of hydrogen-bond donors (Lipinski definition) is 0. The number of carbonyl (C=O) groups is 1. The number of thioether (sulfide) groups is 1. The molecule has 2 heterocycles. The highest BCUT2D eigenvalue weighted by Crippen LogP contribution is 2.34. The molecule has 0 unspecified atom stereocenters. The summed E-state index contributed by atoms with van der Waals surface area (Å²) < 4.78 is 2.89. The number of hydrogen-bond acceptors (Lipinski definition) is 3. The van der Waals surface area contributed by atoms with Crippen molar-refractivity contribution in [3.8, 4) is 0 Å². The van der Waals surface area contributed by atoms with Gasteiger partial charge in [0.2, 0.25) is 0 Å². The minimum absolute atomic E-state index is 0.0172. The topological polar surface area (TPSA) is 25.2 Å². The molecule has 1 aliphatic heterocycles. The van der Waals surface area contributed by atoms with Gasteiger partial charge in [0.05, 0.1) is 4.91 Å². The van der Waals surface area contributed by atoms with Gasteiger partial charge in [-0.1, -0.05) is 86.4 Å². The van der Waals surface area contributed by atoms with Crippen molar-refractivity contribution in [2.24, 2.45) is 5.92 Å². The number of para-hydroxylation sites is 1. The molecule has 5 heteroatoms. The van der Waals surface area contributed by atoms with Crippen molar-refractivity contribution in [1.82, 2.24) is 9.47 Å². The first-order valence-electron chi connectivity index (χ1n) is 9.40.